The van der Waals surface area contributed by atoms with Crippen molar-refractivity contribution in [1.82, 2.24) is 0 Å². The van der Waals surface area contributed by atoms with Gasteiger partial charge in [0.1, 0.15) is 0 Å². The average Bonchev–Trinajstić information content (AvgIpc) is 1.61. The molecule has 0 aliphatic rings. The van der Waals surface area contributed by atoms with Gasteiger partial charge in [0.2, 0.25) is 0 Å². The minimum atomic E-state index is -0.350. The summed E-state index contributed by atoms with van der Waals surface area (Å²) in [5.41, 5.74) is 0. The molecule has 0 rings (SSSR count). The second-order valence-electron chi connectivity index (χ2n) is 1.34. The molecule has 42 valence electrons. The summed E-state index contributed by atoms with van der Waals surface area (Å²) in [6, 6.07) is 0. The van der Waals surface area contributed by atoms with E-state index in [0.29, 0.717) is 6.61 Å². The zero-order chi connectivity index (χ0) is 5.70. The summed E-state index contributed by atoms with van der Waals surface area (Å²) in [5.74, 6) is 0.120. The molecule has 3 heteroatoms. The summed E-state index contributed by atoms with van der Waals surface area (Å²) >= 11 is 0. The van der Waals surface area contributed by atoms with E-state index in [0.717, 1.165) is 0 Å². The van der Waals surface area contributed by atoms with Crippen LogP contribution in [0.25, 0.3) is 0 Å². The van der Waals surface area contributed by atoms with E-state index in [1.54, 1.807) is 0 Å². The standard InChI is InChI=1S/C4H10O2Si/c1-4(5)3-6-7-2/h3,7H2,1-2H3. The summed E-state index contributed by atoms with van der Waals surface area (Å²) in [6.07, 6.45) is 0. The molecule has 0 aromatic carbocycles. The maximum Gasteiger partial charge on any atom is 0.159 e. The van der Waals surface area contributed by atoms with Crippen molar-refractivity contribution in [1.29, 1.82) is 0 Å². The molecular weight excluding hydrogens is 108 g/mol. The Hall–Kier alpha value is -0.153. The molecule has 0 aromatic heterocycles. The van der Waals surface area contributed by atoms with Crippen molar-refractivity contribution < 1.29 is 9.22 Å². The maximum atomic E-state index is 10.1. The van der Waals surface area contributed by atoms with Crippen LogP contribution in [0.3, 0.4) is 0 Å². The zero-order valence-corrected chi connectivity index (χ0v) is 6.14. The summed E-state index contributed by atoms with van der Waals surface area (Å²) in [4.78, 5) is 10.1. The largest absolute Gasteiger partial charge is 0.417 e. The third-order valence-electron chi connectivity index (χ3n) is 0.509. The molecule has 0 fully saturated rings. The van der Waals surface area contributed by atoms with Gasteiger partial charge < -0.3 is 4.43 Å². The van der Waals surface area contributed by atoms with Crippen LogP contribution < -0.4 is 0 Å². The van der Waals surface area contributed by atoms with E-state index in [1.807, 2.05) is 6.55 Å². The first-order valence-electron chi connectivity index (χ1n) is 2.34. The molecule has 2 nitrogen and oxygen atoms in total. The highest BCUT2D eigenvalue weighted by atomic mass is 28.2. The van der Waals surface area contributed by atoms with Crippen LogP contribution in [0, 0.1) is 0 Å². The van der Waals surface area contributed by atoms with Crippen LogP contribution in [-0.4, -0.2) is 22.2 Å². The second kappa shape index (κ2) is 4.02. The Balaban J connectivity index is 2.82. The number of carbonyl (C=O) groups excluding carboxylic acids is 1. The molecule has 0 saturated heterocycles. The van der Waals surface area contributed by atoms with Gasteiger partial charge >= 0.3 is 0 Å². The smallest absolute Gasteiger partial charge is 0.159 e. The molecular formula is C4H10O2Si. The molecule has 0 atom stereocenters. The van der Waals surface area contributed by atoms with E-state index in [-0.39, 0.29) is 15.5 Å². The monoisotopic (exact) mass is 118 g/mol. The van der Waals surface area contributed by atoms with Crippen LogP contribution in [-0.2, 0) is 9.22 Å². The fraction of sp³-hybridized carbons (Fsp3) is 0.750. The number of Topliss-reactive ketones (excluding diaryl/α,β-unsaturated/α-hetero) is 1. The zero-order valence-electron chi connectivity index (χ0n) is 4.73. The van der Waals surface area contributed by atoms with Gasteiger partial charge in [-0.3, -0.25) is 4.79 Å². The van der Waals surface area contributed by atoms with Crippen LogP contribution in [0.15, 0.2) is 0 Å². The van der Waals surface area contributed by atoms with E-state index in [9.17, 15) is 4.79 Å². The molecule has 0 aliphatic carbocycles. The van der Waals surface area contributed by atoms with Crippen molar-refractivity contribution in [3.05, 3.63) is 0 Å². The summed E-state index contributed by atoms with van der Waals surface area (Å²) in [5, 5.41) is 0. The number of rotatable bonds is 3. The Morgan fingerprint density at radius 2 is 2.43 bits per heavy atom. The molecule has 0 unspecified atom stereocenters. The number of hydrogen-bond donors (Lipinski definition) is 0. The van der Waals surface area contributed by atoms with Crippen LogP contribution in [0.2, 0.25) is 6.55 Å². The predicted octanol–water partition coefficient (Wildman–Crippen LogP) is -0.276. The highest BCUT2D eigenvalue weighted by molar-refractivity contribution is 6.25. The Kier molecular flexibility index (Phi) is 3.93. The lowest BCUT2D eigenvalue weighted by Crippen LogP contribution is -2.04. The van der Waals surface area contributed by atoms with Crippen molar-refractivity contribution in [2.75, 3.05) is 6.61 Å². The van der Waals surface area contributed by atoms with Gasteiger partial charge in [-0.05, 0) is 6.92 Å². The Bertz CT molecular complexity index is 62.7. The fourth-order valence-corrected chi connectivity index (χ4v) is 0.737. The summed E-state index contributed by atoms with van der Waals surface area (Å²) < 4.78 is 4.88. The van der Waals surface area contributed by atoms with Crippen molar-refractivity contribution in [3.8, 4) is 0 Å². The van der Waals surface area contributed by atoms with Gasteiger partial charge in [-0.25, -0.2) is 0 Å². The first-order valence-corrected chi connectivity index (χ1v) is 4.33. The summed E-state index contributed by atoms with van der Waals surface area (Å²) in [6.45, 7) is 3.86. The number of hydrogen-bond acceptors (Lipinski definition) is 2. The Morgan fingerprint density at radius 1 is 1.86 bits per heavy atom. The highest BCUT2D eigenvalue weighted by Gasteiger charge is 1.86. The van der Waals surface area contributed by atoms with Crippen LogP contribution >= 0.6 is 0 Å². The van der Waals surface area contributed by atoms with Crippen molar-refractivity contribution in [3.63, 3.8) is 0 Å². The topological polar surface area (TPSA) is 26.3 Å². The lowest BCUT2D eigenvalue weighted by molar-refractivity contribution is -0.118. The van der Waals surface area contributed by atoms with E-state index in [4.69, 9.17) is 4.43 Å². The van der Waals surface area contributed by atoms with Crippen LogP contribution in [0.1, 0.15) is 6.92 Å². The minimum absolute atomic E-state index is 0.120. The molecule has 0 aliphatic heterocycles. The van der Waals surface area contributed by atoms with E-state index in [2.05, 4.69) is 0 Å². The van der Waals surface area contributed by atoms with Crippen LogP contribution in [0.5, 0.6) is 0 Å². The minimum Gasteiger partial charge on any atom is -0.417 e. The van der Waals surface area contributed by atoms with Gasteiger partial charge in [0.25, 0.3) is 0 Å². The summed E-state index contributed by atoms with van der Waals surface area (Å²) in [7, 11) is -0.350. The number of carbonyl (C=O) groups is 1. The molecule has 0 spiro atoms. The molecule has 7 heavy (non-hydrogen) atoms. The SMILES string of the molecule is C[SiH2]OCC(C)=O. The molecule has 0 heterocycles. The Labute approximate surface area is 45.8 Å². The van der Waals surface area contributed by atoms with Gasteiger partial charge in [0.05, 0.1) is 6.61 Å². The predicted molar refractivity (Wildman–Crippen MR) is 31.0 cm³/mol. The fourth-order valence-electron chi connectivity index (χ4n) is 0.246. The van der Waals surface area contributed by atoms with Gasteiger partial charge in [0.15, 0.2) is 15.5 Å². The first-order chi connectivity index (χ1) is 3.27. The maximum absolute atomic E-state index is 10.1. The van der Waals surface area contributed by atoms with Gasteiger partial charge in [-0.1, -0.05) is 6.55 Å². The van der Waals surface area contributed by atoms with Gasteiger partial charge in [-0.15, -0.1) is 0 Å². The quantitative estimate of drug-likeness (QED) is 0.477. The molecule has 0 saturated carbocycles. The molecule has 0 radical (unpaired) electrons. The van der Waals surface area contributed by atoms with E-state index >= 15 is 0 Å². The molecule has 0 N–H and O–H groups in total. The number of ketones is 1. The van der Waals surface area contributed by atoms with Crippen molar-refractivity contribution in [2.45, 2.75) is 13.5 Å². The lowest BCUT2D eigenvalue weighted by Gasteiger charge is -1.91. The van der Waals surface area contributed by atoms with Crippen molar-refractivity contribution >= 4 is 15.5 Å². The Morgan fingerprint density at radius 3 is 2.57 bits per heavy atom. The van der Waals surface area contributed by atoms with Gasteiger partial charge in [-0.2, -0.15) is 0 Å². The third kappa shape index (κ3) is 5.85. The van der Waals surface area contributed by atoms with Crippen LogP contribution in [0.4, 0.5) is 0 Å². The molecule has 0 aromatic rings. The third-order valence-corrected chi connectivity index (χ3v) is 1.12. The lowest BCUT2D eigenvalue weighted by atomic mass is 10.5. The van der Waals surface area contributed by atoms with Gasteiger partial charge in [0, 0.05) is 0 Å². The molecule has 0 bridgehead atoms. The van der Waals surface area contributed by atoms with E-state index < -0.39 is 0 Å². The second-order valence-corrected chi connectivity index (χ2v) is 2.32. The van der Waals surface area contributed by atoms with Crippen molar-refractivity contribution in [2.24, 2.45) is 0 Å². The average molecular weight is 118 g/mol. The van der Waals surface area contributed by atoms with E-state index in [1.165, 1.54) is 6.92 Å². The normalized spacial score (nSPS) is 10.6. The highest BCUT2D eigenvalue weighted by Crippen LogP contribution is 1.70. The molecule has 0 amide bonds. The first kappa shape index (κ1) is 6.85.